The first-order valence-electron chi connectivity index (χ1n) is 9.84. The molecule has 168 valence electrons. The summed E-state index contributed by atoms with van der Waals surface area (Å²) in [5, 5.41) is 0.555. The van der Waals surface area contributed by atoms with Gasteiger partial charge in [-0.3, -0.25) is 0 Å². The van der Waals surface area contributed by atoms with Crippen LogP contribution >= 0.6 is 24.0 Å². The molecule has 1 saturated heterocycles. The Hall–Kier alpha value is -1.94. The van der Waals surface area contributed by atoms with Crippen molar-refractivity contribution in [1.29, 1.82) is 0 Å². The minimum atomic E-state index is -3.17. The molecule has 2 aromatic heterocycles. The highest BCUT2D eigenvalue weighted by atomic mass is 35.5. The normalized spacial score (nSPS) is 15.3. The summed E-state index contributed by atoms with van der Waals surface area (Å²) in [6, 6.07) is 7.43. The predicted octanol–water partition coefficient (Wildman–Crippen LogP) is 2.67. The maximum Gasteiger partial charge on any atom is 0.166 e. The third kappa shape index (κ3) is 5.11. The molecule has 0 N–H and O–H groups in total. The fourth-order valence-corrected chi connectivity index (χ4v) is 4.38. The van der Waals surface area contributed by atoms with Crippen molar-refractivity contribution in [3.05, 3.63) is 35.1 Å². The molecule has 0 unspecified atom stereocenters. The minimum Gasteiger partial charge on any atom is -0.352 e. The molecule has 31 heavy (non-hydrogen) atoms. The van der Waals surface area contributed by atoms with E-state index in [1.165, 1.54) is 6.26 Å². The molecule has 0 saturated carbocycles. The summed E-state index contributed by atoms with van der Waals surface area (Å²) < 4.78 is 25.6. The van der Waals surface area contributed by atoms with Crippen LogP contribution in [0.4, 0.5) is 5.82 Å². The highest BCUT2D eigenvalue weighted by molar-refractivity contribution is 7.90. The Morgan fingerprint density at radius 2 is 1.74 bits per heavy atom. The van der Waals surface area contributed by atoms with Gasteiger partial charge in [-0.2, -0.15) is 0 Å². The second-order valence-electron chi connectivity index (χ2n) is 7.75. The van der Waals surface area contributed by atoms with E-state index in [4.69, 9.17) is 21.6 Å². The van der Waals surface area contributed by atoms with Gasteiger partial charge in [0.05, 0.1) is 10.8 Å². The Balaban J connectivity index is 0.00000272. The lowest BCUT2D eigenvalue weighted by Crippen LogP contribution is -2.45. The largest absolute Gasteiger partial charge is 0.352 e. The van der Waals surface area contributed by atoms with Crippen molar-refractivity contribution in [2.24, 2.45) is 0 Å². The van der Waals surface area contributed by atoms with Crippen molar-refractivity contribution < 1.29 is 8.42 Å². The first kappa shape index (κ1) is 23.7. The van der Waals surface area contributed by atoms with E-state index >= 15 is 0 Å². The number of hydrogen-bond acceptors (Lipinski definition) is 7. The highest BCUT2D eigenvalue weighted by Gasteiger charge is 2.24. The number of sulfone groups is 1. The predicted molar refractivity (Wildman–Crippen MR) is 127 cm³/mol. The van der Waals surface area contributed by atoms with Crippen LogP contribution in [0.2, 0.25) is 5.02 Å². The van der Waals surface area contributed by atoms with Crippen LogP contribution in [0.15, 0.2) is 24.3 Å². The monoisotopic (exact) mass is 484 g/mol. The van der Waals surface area contributed by atoms with E-state index in [1.807, 2.05) is 29.7 Å². The highest BCUT2D eigenvalue weighted by Crippen LogP contribution is 2.33. The van der Waals surface area contributed by atoms with Crippen LogP contribution in [0.3, 0.4) is 0 Å². The first-order chi connectivity index (χ1) is 14.2. The summed E-state index contributed by atoms with van der Waals surface area (Å²) in [7, 11) is -1.06. The lowest BCUT2D eigenvalue weighted by Gasteiger charge is -2.33. The number of anilines is 1. The number of hydrogen-bond donors (Lipinski definition) is 0. The Morgan fingerprint density at radius 1 is 1.06 bits per heavy atom. The number of aryl methyl sites for hydroxylation is 2. The van der Waals surface area contributed by atoms with E-state index in [1.54, 1.807) is 6.07 Å². The molecule has 1 aromatic carbocycles. The van der Waals surface area contributed by atoms with Crippen LogP contribution in [0.5, 0.6) is 0 Å². The molecule has 0 aliphatic carbocycles. The Labute approximate surface area is 193 Å². The second-order valence-corrected chi connectivity index (χ2v) is 10.4. The van der Waals surface area contributed by atoms with Gasteiger partial charge >= 0.3 is 0 Å². The SMILES string of the molecule is Cc1nc(N2CCN(C)CC2)c2nc(-c3ccccc3Cl)n(CCS(C)(=O)=O)c2n1.Cl. The van der Waals surface area contributed by atoms with Gasteiger partial charge in [0, 0.05) is 44.5 Å². The quantitative estimate of drug-likeness (QED) is 0.550. The van der Waals surface area contributed by atoms with E-state index in [0.717, 1.165) is 37.6 Å². The van der Waals surface area contributed by atoms with Crippen molar-refractivity contribution in [3.8, 4) is 11.4 Å². The van der Waals surface area contributed by atoms with Crippen LogP contribution in [-0.2, 0) is 16.4 Å². The molecule has 1 aliphatic heterocycles. The molecular formula is C20H26Cl2N6O2S. The number of aromatic nitrogens is 4. The maximum atomic E-state index is 11.9. The van der Waals surface area contributed by atoms with E-state index < -0.39 is 9.84 Å². The van der Waals surface area contributed by atoms with Crippen LogP contribution in [-0.4, -0.2) is 78.1 Å². The zero-order chi connectivity index (χ0) is 21.5. The number of halogens is 2. The third-order valence-electron chi connectivity index (χ3n) is 5.29. The third-order valence-corrected chi connectivity index (χ3v) is 6.55. The number of rotatable bonds is 5. The number of benzene rings is 1. The van der Waals surface area contributed by atoms with Gasteiger partial charge in [-0.15, -0.1) is 12.4 Å². The van der Waals surface area contributed by atoms with Gasteiger partial charge in [-0.05, 0) is 26.1 Å². The molecule has 8 nitrogen and oxygen atoms in total. The smallest absolute Gasteiger partial charge is 0.166 e. The summed E-state index contributed by atoms with van der Waals surface area (Å²) in [6.07, 6.45) is 1.23. The number of nitrogens with zero attached hydrogens (tertiary/aromatic N) is 6. The molecule has 11 heteroatoms. The molecule has 1 aliphatic rings. The zero-order valence-electron chi connectivity index (χ0n) is 17.7. The standard InChI is InChI=1S/C20H25ClN6O2S.ClH/c1-14-22-19(26-10-8-25(2)9-11-26)17-20(23-14)27(12-13-30(3,28)29)18(24-17)15-6-4-5-7-16(15)21;/h4-7H,8-13H2,1-3H3;1H. The van der Waals surface area contributed by atoms with Crippen LogP contribution in [0.1, 0.15) is 5.82 Å². The summed E-state index contributed by atoms with van der Waals surface area (Å²) in [5.74, 6) is 2.01. The summed E-state index contributed by atoms with van der Waals surface area (Å²) in [6.45, 7) is 5.67. The fraction of sp³-hybridized carbons (Fsp3) is 0.450. The lowest BCUT2D eigenvalue weighted by molar-refractivity contribution is 0.312. The number of piperazine rings is 1. The van der Waals surface area contributed by atoms with Gasteiger partial charge in [0.1, 0.15) is 21.5 Å². The van der Waals surface area contributed by atoms with Crippen LogP contribution in [0, 0.1) is 6.92 Å². The molecule has 0 bridgehead atoms. The maximum absolute atomic E-state index is 11.9. The topological polar surface area (TPSA) is 84.2 Å². The lowest BCUT2D eigenvalue weighted by atomic mass is 10.2. The van der Waals surface area contributed by atoms with Gasteiger partial charge in [0.25, 0.3) is 0 Å². The number of fused-ring (bicyclic) bond motifs is 1. The number of imidazole rings is 1. The number of likely N-dealkylation sites (N-methyl/N-ethyl adjacent to an activating group) is 1. The van der Waals surface area contributed by atoms with Gasteiger partial charge in [-0.1, -0.05) is 23.7 Å². The molecule has 0 spiro atoms. The zero-order valence-corrected chi connectivity index (χ0v) is 20.1. The van der Waals surface area contributed by atoms with Crippen LogP contribution < -0.4 is 4.90 Å². The molecule has 3 aromatic rings. The Bertz CT molecular complexity index is 1190. The average Bonchev–Trinajstić information content (AvgIpc) is 3.04. The summed E-state index contributed by atoms with van der Waals surface area (Å²) in [4.78, 5) is 18.7. The van der Waals surface area contributed by atoms with Crippen molar-refractivity contribution >= 4 is 50.8 Å². The fourth-order valence-electron chi connectivity index (χ4n) is 3.65. The van der Waals surface area contributed by atoms with Gasteiger partial charge < -0.3 is 14.4 Å². The van der Waals surface area contributed by atoms with E-state index in [2.05, 4.69) is 21.8 Å². The molecule has 0 radical (unpaired) electrons. The first-order valence-corrected chi connectivity index (χ1v) is 12.3. The molecule has 0 atom stereocenters. The molecule has 4 rings (SSSR count). The Kier molecular flexibility index (Phi) is 7.10. The molecule has 3 heterocycles. The van der Waals surface area contributed by atoms with Crippen molar-refractivity contribution in [2.45, 2.75) is 13.5 Å². The van der Waals surface area contributed by atoms with Crippen LogP contribution in [0.25, 0.3) is 22.6 Å². The molecule has 0 amide bonds. The van der Waals surface area contributed by atoms with Gasteiger partial charge in [0.15, 0.2) is 17.0 Å². The molecule has 1 fully saturated rings. The van der Waals surface area contributed by atoms with E-state index in [9.17, 15) is 8.42 Å². The summed E-state index contributed by atoms with van der Waals surface area (Å²) in [5.41, 5.74) is 2.05. The van der Waals surface area contributed by atoms with Crippen molar-refractivity contribution in [3.63, 3.8) is 0 Å². The summed E-state index contributed by atoms with van der Waals surface area (Å²) >= 11 is 6.46. The Morgan fingerprint density at radius 3 is 2.39 bits per heavy atom. The van der Waals surface area contributed by atoms with Crippen molar-refractivity contribution in [2.75, 3.05) is 50.1 Å². The second kappa shape index (κ2) is 9.28. The van der Waals surface area contributed by atoms with Crippen molar-refractivity contribution in [1.82, 2.24) is 24.4 Å². The average molecular weight is 485 g/mol. The van der Waals surface area contributed by atoms with Gasteiger partial charge in [-0.25, -0.2) is 23.4 Å². The van der Waals surface area contributed by atoms with E-state index in [-0.39, 0.29) is 24.7 Å². The molecular weight excluding hydrogens is 459 g/mol. The minimum absolute atomic E-state index is 0. The van der Waals surface area contributed by atoms with Gasteiger partial charge in [0.2, 0.25) is 0 Å². The van der Waals surface area contributed by atoms with E-state index in [0.29, 0.717) is 27.8 Å².